The Morgan fingerprint density at radius 1 is 1.33 bits per heavy atom. The van der Waals surface area contributed by atoms with Gasteiger partial charge in [0, 0.05) is 0 Å². The first kappa shape index (κ1) is 15.1. The van der Waals surface area contributed by atoms with E-state index < -0.39 is 11.8 Å². The topological polar surface area (TPSA) is 61.5 Å². The molecule has 2 aromatic carbocycles. The summed E-state index contributed by atoms with van der Waals surface area (Å²) in [6, 6.07) is 9.01. The van der Waals surface area contributed by atoms with Gasteiger partial charge in [0.25, 0.3) is 0 Å². The SMILES string of the molecule is COc1ccc(COC(=O)c2cccc(N)c2Cl)cc1F. The van der Waals surface area contributed by atoms with Crippen LogP contribution in [0.4, 0.5) is 10.1 Å². The van der Waals surface area contributed by atoms with Gasteiger partial charge in [0.2, 0.25) is 0 Å². The second kappa shape index (κ2) is 6.45. The fraction of sp³-hybridized carbons (Fsp3) is 0.133. The summed E-state index contributed by atoms with van der Waals surface area (Å²) in [6.07, 6.45) is 0. The van der Waals surface area contributed by atoms with Crippen LogP contribution in [0.25, 0.3) is 0 Å². The number of ether oxygens (including phenoxy) is 2. The first-order chi connectivity index (χ1) is 10.0. The predicted molar refractivity (Wildman–Crippen MR) is 77.9 cm³/mol. The zero-order valence-electron chi connectivity index (χ0n) is 11.2. The molecule has 2 aromatic rings. The summed E-state index contributed by atoms with van der Waals surface area (Å²) in [7, 11) is 1.37. The van der Waals surface area contributed by atoms with E-state index in [0.29, 0.717) is 11.3 Å². The van der Waals surface area contributed by atoms with E-state index in [4.69, 9.17) is 26.8 Å². The van der Waals surface area contributed by atoms with Crippen molar-refractivity contribution in [1.82, 2.24) is 0 Å². The van der Waals surface area contributed by atoms with Crippen molar-refractivity contribution in [2.75, 3.05) is 12.8 Å². The van der Waals surface area contributed by atoms with E-state index in [1.54, 1.807) is 18.2 Å². The van der Waals surface area contributed by atoms with Crippen LogP contribution in [-0.4, -0.2) is 13.1 Å². The summed E-state index contributed by atoms with van der Waals surface area (Å²) in [5.41, 5.74) is 6.58. The lowest BCUT2D eigenvalue weighted by molar-refractivity contribution is 0.0472. The molecule has 0 radical (unpaired) electrons. The van der Waals surface area contributed by atoms with E-state index >= 15 is 0 Å². The van der Waals surface area contributed by atoms with Crippen LogP contribution in [-0.2, 0) is 11.3 Å². The number of benzene rings is 2. The second-order valence-electron chi connectivity index (χ2n) is 4.25. The first-order valence-corrected chi connectivity index (χ1v) is 6.44. The number of rotatable bonds is 4. The van der Waals surface area contributed by atoms with Crippen molar-refractivity contribution in [2.24, 2.45) is 0 Å². The Bertz CT molecular complexity index is 676. The Hall–Kier alpha value is -2.27. The molecule has 0 aliphatic carbocycles. The first-order valence-electron chi connectivity index (χ1n) is 6.06. The molecule has 0 saturated carbocycles. The van der Waals surface area contributed by atoms with Gasteiger partial charge in [0.05, 0.1) is 23.4 Å². The normalized spacial score (nSPS) is 10.2. The average Bonchev–Trinajstić information content (AvgIpc) is 2.47. The molecular weight excluding hydrogens is 297 g/mol. The van der Waals surface area contributed by atoms with Crippen molar-refractivity contribution in [3.05, 3.63) is 58.4 Å². The van der Waals surface area contributed by atoms with E-state index in [2.05, 4.69) is 0 Å². The van der Waals surface area contributed by atoms with Crippen LogP contribution in [0.15, 0.2) is 36.4 Å². The van der Waals surface area contributed by atoms with Gasteiger partial charge in [-0.25, -0.2) is 9.18 Å². The molecule has 0 heterocycles. The van der Waals surface area contributed by atoms with E-state index in [9.17, 15) is 9.18 Å². The monoisotopic (exact) mass is 309 g/mol. The number of nitrogens with two attached hydrogens (primary N) is 1. The number of anilines is 1. The Morgan fingerprint density at radius 3 is 2.76 bits per heavy atom. The second-order valence-corrected chi connectivity index (χ2v) is 4.63. The lowest BCUT2D eigenvalue weighted by Crippen LogP contribution is -2.07. The van der Waals surface area contributed by atoms with Gasteiger partial charge in [-0.05, 0) is 29.8 Å². The minimum atomic E-state index is -0.622. The molecule has 0 spiro atoms. The van der Waals surface area contributed by atoms with Crippen molar-refractivity contribution in [3.63, 3.8) is 0 Å². The summed E-state index contributed by atoms with van der Waals surface area (Å²) in [6.45, 7) is -0.0785. The number of nitrogen functional groups attached to an aromatic ring is 1. The maximum absolute atomic E-state index is 13.5. The van der Waals surface area contributed by atoms with Gasteiger partial charge in [-0.15, -0.1) is 0 Å². The molecule has 0 aromatic heterocycles. The van der Waals surface area contributed by atoms with Gasteiger partial charge in [0.1, 0.15) is 6.61 Å². The average molecular weight is 310 g/mol. The molecule has 0 aliphatic rings. The number of methoxy groups -OCH3 is 1. The van der Waals surface area contributed by atoms with Gasteiger partial charge >= 0.3 is 5.97 Å². The fourth-order valence-corrected chi connectivity index (χ4v) is 1.94. The lowest BCUT2D eigenvalue weighted by Gasteiger charge is -2.08. The van der Waals surface area contributed by atoms with E-state index in [1.807, 2.05) is 0 Å². The quantitative estimate of drug-likeness (QED) is 0.694. The largest absolute Gasteiger partial charge is 0.494 e. The highest BCUT2D eigenvalue weighted by molar-refractivity contribution is 6.36. The molecule has 0 bridgehead atoms. The number of hydrogen-bond acceptors (Lipinski definition) is 4. The molecule has 21 heavy (non-hydrogen) atoms. The van der Waals surface area contributed by atoms with Crippen molar-refractivity contribution in [3.8, 4) is 5.75 Å². The summed E-state index contributed by atoms with van der Waals surface area (Å²) in [5.74, 6) is -1.01. The van der Waals surface area contributed by atoms with Crippen molar-refractivity contribution in [1.29, 1.82) is 0 Å². The molecule has 6 heteroatoms. The molecule has 2 rings (SSSR count). The van der Waals surface area contributed by atoms with Gasteiger partial charge in [-0.3, -0.25) is 0 Å². The van der Waals surface area contributed by atoms with Crippen LogP contribution in [0, 0.1) is 5.82 Å². The molecule has 0 saturated heterocycles. The van der Waals surface area contributed by atoms with Gasteiger partial charge in [-0.1, -0.05) is 23.7 Å². The molecule has 0 fully saturated rings. The van der Waals surface area contributed by atoms with E-state index in [-0.39, 0.29) is 22.9 Å². The third-order valence-electron chi connectivity index (χ3n) is 2.83. The molecule has 4 nitrogen and oxygen atoms in total. The summed E-state index contributed by atoms with van der Waals surface area (Å²) < 4.78 is 23.4. The number of carbonyl (C=O) groups is 1. The van der Waals surface area contributed by atoms with E-state index in [1.165, 1.54) is 25.3 Å². The van der Waals surface area contributed by atoms with E-state index in [0.717, 1.165) is 0 Å². The van der Waals surface area contributed by atoms with Crippen LogP contribution in [0.1, 0.15) is 15.9 Å². The van der Waals surface area contributed by atoms with Crippen LogP contribution < -0.4 is 10.5 Å². The Labute approximate surface area is 126 Å². The van der Waals surface area contributed by atoms with Crippen molar-refractivity contribution in [2.45, 2.75) is 6.61 Å². The Kier molecular flexibility index (Phi) is 4.65. The van der Waals surface area contributed by atoms with Gasteiger partial charge < -0.3 is 15.2 Å². The zero-order chi connectivity index (χ0) is 15.4. The number of carbonyl (C=O) groups excluding carboxylic acids is 1. The van der Waals surface area contributed by atoms with Crippen LogP contribution in [0.2, 0.25) is 5.02 Å². The number of esters is 1. The molecule has 0 unspecified atom stereocenters. The van der Waals surface area contributed by atoms with Crippen molar-refractivity contribution < 1.29 is 18.7 Å². The molecule has 0 aliphatic heterocycles. The fourth-order valence-electron chi connectivity index (χ4n) is 1.73. The third kappa shape index (κ3) is 3.44. The summed E-state index contributed by atoms with van der Waals surface area (Å²) >= 11 is 5.93. The molecule has 2 N–H and O–H groups in total. The minimum Gasteiger partial charge on any atom is -0.494 e. The molecule has 0 amide bonds. The maximum Gasteiger partial charge on any atom is 0.340 e. The predicted octanol–water partition coefficient (Wildman–Crippen LogP) is 3.43. The highest BCUT2D eigenvalue weighted by atomic mass is 35.5. The minimum absolute atomic E-state index is 0.0785. The smallest absolute Gasteiger partial charge is 0.340 e. The summed E-state index contributed by atoms with van der Waals surface area (Å²) in [5, 5.41) is 0.142. The van der Waals surface area contributed by atoms with Crippen molar-refractivity contribution >= 4 is 23.3 Å². The maximum atomic E-state index is 13.5. The Morgan fingerprint density at radius 2 is 2.10 bits per heavy atom. The molecule has 0 atom stereocenters. The highest BCUT2D eigenvalue weighted by Gasteiger charge is 2.14. The highest BCUT2D eigenvalue weighted by Crippen LogP contribution is 2.24. The number of hydrogen-bond donors (Lipinski definition) is 1. The third-order valence-corrected chi connectivity index (χ3v) is 3.26. The van der Waals surface area contributed by atoms with Gasteiger partial charge in [-0.2, -0.15) is 0 Å². The lowest BCUT2D eigenvalue weighted by atomic mass is 10.2. The van der Waals surface area contributed by atoms with Crippen LogP contribution in [0.5, 0.6) is 5.75 Å². The zero-order valence-corrected chi connectivity index (χ0v) is 12.0. The molecule has 110 valence electrons. The van der Waals surface area contributed by atoms with Crippen LogP contribution in [0.3, 0.4) is 0 Å². The molecular formula is C15H13ClFNO3. The summed E-state index contributed by atoms with van der Waals surface area (Å²) in [4.78, 5) is 11.9. The standard InChI is InChI=1S/C15H13ClFNO3/c1-20-13-6-5-9(7-11(13)17)8-21-15(19)10-3-2-4-12(18)14(10)16/h2-7H,8,18H2,1H3. The number of halogens is 2. The van der Waals surface area contributed by atoms with Gasteiger partial charge in [0.15, 0.2) is 11.6 Å². The Balaban J connectivity index is 2.07. The van der Waals surface area contributed by atoms with Crippen LogP contribution >= 0.6 is 11.6 Å².